The average molecular weight is 454 g/mol. The molecule has 0 saturated heterocycles. The normalized spacial score (nSPS) is 12.3. The maximum Gasteiger partial charge on any atom is 0.273 e. The molecule has 150 valence electrons. The summed E-state index contributed by atoms with van der Waals surface area (Å²) in [4.78, 5) is 12.5. The number of benzene rings is 2. The molecule has 0 radical (unpaired) electrons. The van der Waals surface area contributed by atoms with Crippen molar-refractivity contribution in [2.45, 2.75) is 26.9 Å². The summed E-state index contributed by atoms with van der Waals surface area (Å²) in [6.45, 7) is 6.14. The van der Waals surface area contributed by atoms with E-state index in [1.165, 1.54) is 12.7 Å². The molecular formula is C23H24BrN3O2. The van der Waals surface area contributed by atoms with Gasteiger partial charge in [0.05, 0.1) is 6.21 Å². The summed E-state index contributed by atoms with van der Waals surface area (Å²) in [6, 6.07) is 17.7. The monoisotopic (exact) mass is 453 g/mol. The molecule has 0 saturated carbocycles. The van der Waals surface area contributed by atoms with E-state index in [1.807, 2.05) is 44.2 Å². The minimum absolute atomic E-state index is 0.321. The number of aryl methyl sites for hydroxylation is 1. The molecule has 0 aliphatic carbocycles. The molecule has 0 aliphatic heterocycles. The highest BCUT2D eigenvalue weighted by atomic mass is 79.9. The molecule has 2 aromatic carbocycles. The van der Waals surface area contributed by atoms with E-state index in [1.54, 1.807) is 6.21 Å². The van der Waals surface area contributed by atoms with Crippen LogP contribution in [0.5, 0.6) is 0 Å². The van der Waals surface area contributed by atoms with Crippen LogP contribution in [0.15, 0.2) is 64.2 Å². The molecule has 0 fully saturated rings. The highest BCUT2D eigenvalue weighted by Gasteiger charge is 2.20. The molecule has 6 heteroatoms. The van der Waals surface area contributed by atoms with E-state index < -0.39 is 6.10 Å². The second-order valence-corrected chi connectivity index (χ2v) is 7.62. The lowest BCUT2D eigenvalue weighted by molar-refractivity contribution is -0.131. The second kappa shape index (κ2) is 9.20. The molecule has 0 aliphatic rings. The van der Waals surface area contributed by atoms with Crippen molar-refractivity contribution in [3.8, 4) is 5.69 Å². The first kappa shape index (κ1) is 21.0. The van der Waals surface area contributed by atoms with Gasteiger partial charge in [0.1, 0.15) is 0 Å². The summed E-state index contributed by atoms with van der Waals surface area (Å²) in [6.07, 6.45) is 0.948. The maximum atomic E-state index is 12.5. The first-order chi connectivity index (χ1) is 13.9. The number of carbonyl (C=O) groups excluding carboxylic acids is 1. The summed E-state index contributed by atoms with van der Waals surface area (Å²) >= 11 is 3.66. The van der Waals surface area contributed by atoms with Crippen molar-refractivity contribution in [3.63, 3.8) is 0 Å². The van der Waals surface area contributed by atoms with Crippen molar-refractivity contribution in [1.82, 2.24) is 9.99 Å². The van der Waals surface area contributed by atoms with Gasteiger partial charge in [0.15, 0.2) is 6.10 Å². The van der Waals surface area contributed by atoms with Gasteiger partial charge in [0.25, 0.3) is 5.91 Å². The van der Waals surface area contributed by atoms with E-state index in [9.17, 15) is 4.79 Å². The lowest BCUT2D eigenvalue weighted by atomic mass is 10.1. The fourth-order valence-corrected chi connectivity index (χ4v) is 3.86. The van der Waals surface area contributed by atoms with E-state index in [4.69, 9.17) is 4.74 Å². The molecule has 1 N–H and O–H groups in total. The molecule has 3 aromatic rings. The van der Waals surface area contributed by atoms with Gasteiger partial charge in [-0.1, -0.05) is 48.0 Å². The summed E-state index contributed by atoms with van der Waals surface area (Å²) in [5.74, 6) is -0.321. The number of rotatable bonds is 6. The molecule has 29 heavy (non-hydrogen) atoms. The third-order valence-corrected chi connectivity index (χ3v) is 5.85. The zero-order valence-corrected chi connectivity index (χ0v) is 18.5. The Labute approximate surface area is 179 Å². The van der Waals surface area contributed by atoms with Gasteiger partial charge < -0.3 is 9.30 Å². The minimum Gasteiger partial charge on any atom is -0.367 e. The fourth-order valence-electron chi connectivity index (χ4n) is 3.30. The van der Waals surface area contributed by atoms with E-state index in [0.717, 1.165) is 32.7 Å². The summed E-state index contributed by atoms with van der Waals surface area (Å²) in [5.41, 5.74) is 8.67. The van der Waals surface area contributed by atoms with Crippen molar-refractivity contribution in [2.24, 2.45) is 5.10 Å². The molecule has 1 atom stereocenters. The topological polar surface area (TPSA) is 55.6 Å². The van der Waals surface area contributed by atoms with E-state index in [0.29, 0.717) is 0 Å². The van der Waals surface area contributed by atoms with Crippen LogP contribution >= 0.6 is 15.9 Å². The Morgan fingerprint density at radius 3 is 2.34 bits per heavy atom. The van der Waals surface area contributed by atoms with Crippen LogP contribution in [-0.2, 0) is 9.53 Å². The number of nitrogens with one attached hydrogen (secondary N) is 1. The quantitative estimate of drug-likeness (QED) is 0.421. The number of hydrazone groups is 1. The Hall–Kier alpha value is -2.70. The lowest BCUT2D eigenvalue weighted by Crippen LogP contribution is -2.26. The van der Waals surface area contributed by atoms with Crippen LogP contribution in [0.1, 0.15) is 34.2 Å². The standard InChI is InChI=1S/C23H24BrN3O2/c1-15-10-12-19(13-11-15)27-16(2)20(21(24)17(27)3)14-25-26-23(28)22(29-4)18-8-6-5-7-9-18/h5-14,22H,1-4H3,(H,26,28)/b25-14-/t22-/m1/s1. The number of carbonyl (C=O) groups is 1. The van der Waals surface area contributed by atoms with Gasteiger partial charge in [-0.3, -0.25) is 4.79 Å². The zero-order valence-electron chi connectivity index (χ0n) is 16.9. The third-order valence-electron chi connectivity index (χ3n) is 4.85. The van der Waals surface area contributed by atoms with Gasteiger partial charge in [-0.05, 0) is 54.4 Å². The molecular weight excluding hydrogens is 430 g/mol. The summed E-state index contributed by atoms with van der Waals surface area (Å²) in [5, 5.41) is 4.17. The molecule has 0 bridgehead atoms. The van der Waals surface area contributed by atoms with Crippen LogP contribution in [0, 0.1) is 20.8 Å². The molecule has 1 amide bonds. The fraction of sp³-hybridized carbons (Fsp3) is 0.217. The maximum absolute atomic E-state index is 12.5. The average Bonchev–Trinajstić information content (AvgIpc) is 2.93. The number of hydrogen-bond acceptors (Lipinski definition) is 3. The minimum atomic E-state index is -0.711. The number of ether oxygens (including phenoxy) is 1. The smallest absolute Gasteiger partial charge is 0.273 e. The number of halogens is 1. The van der Waals surface area contributed by atoms with Gasteiger partial charge in [-0.15, -0.1) is 0 Å². The van der Waals surface area contributed by atoms with Gasteiger partial charge in [-0.2, -0.15) is 5.10 Å². The van der Waals surface area contributed by atoms with Crippen molar-refractivity contribution < 1.29 is 9.53 Å². The van der Waals surface area contributed by atoms with Crippen LogP contribution in [0.25, 0.3) is 5.69 Å². The largest absolute Gasteiger partial charge is 0.367 e. The second-order valence-electron chi connectivity index (χ2n) is 6.83. The first-order valence-electron chi connectivity index (χ1n) is 9.29. The van der Waals surface area contributed by atoms with Crippen molar-refractivity contribution in [1.29, 1.82) is 0 Å². The van der Waals surface area contributed by atoms with Crippen molar-refractivity contribution >= 4 is 28.1 Å². The van der Waals surface area contributed by atoms with Crippen molar-refractivity contribution in [2.75, 3.05) is 7.11 Å². The predicted molar refractivity (Wildman–Crippen MR) is 120 cm³/mol. The molecule has 0 spiro atoms. The number of methoxy groups -OCH3 is 1. The first-order valence-corrected chi connectivity index (χ1v) is 10.1. The number of aromatic nitrogens is 1. The zero-order chi connectivity index (χ0) is 21.0. The Balaban J connectivity index is 1.81. The molecule has 1 aromatic heterocycles. The molecule has 3 rings (SSSR count). The summed E-state index contributed by atoms with van der Waals surface area (Å²) in [7, 11) is 1.51. The third kappa shape index (κ3) is 4.49. The van der Waals surface area contributed by atoms with E-state index in [-0.39, 0.29) is 5.91 Å². The van der Waals surface area contributed by atoms with Gasteiger partial charge in [-0.25, -0.2) is 5.43 Å². The highest BCUT2D eigenvalue weighted by Crippen LogP contribution is 2.29. The van der Waals surface area contributed by atoms with E-state index in [2.05, 4.69) is 62.2 Å². The van der Waals surface area contributed by atoms with Crippen LogP contribution in [0.4, 0.5) is 0 Å². The lowest BCUT2D eigenvalue weighted by Gasteiger charge is -2.13. The Morgan fingerprint density at radius 2 is 1.72 bits per heavy atom. The SMILES string of the molecule is CO[C@@H](C(=O)N/N=C\c1c(Br)c(C)n(-c2ccc(C)cc2)c1C)c1ccccc1. The number of nitrogens with zero attached hydrogens (tertiary/aromatic N) is 2. The van der Waals surface area contributed by atoms with Gasteiger partial charge >= 0.3 is 0 Å². The van der Waals surface area contributed by atoms with Crippen molar-refractivity contribution in [3.05, 3.63) is 87.1 Å². The molecule has 1 heterocycles. The van der Waals surface area contributed by atoms with Crippen LogP contribution < -0.4 is 5.43 Å². The number of amides is 1. The Morgan fingerprint density at radius 1 is 1.07 bits per heavy atom. The predicted octanol–water partition coefficient (Wildman–Crippen LogP) is 5.00. The van der Waals surface area contributed by atoms with E-state index >= 15 is 0 Å². The molecule has 5 nitrogen and oxygen atoms in total. The van der Waals surface area contributed by atoms with Gasteiger partial charge in [0.2, 0.25) is 0 Å². The molecule has 0 unspecified atom stereocenters. The number of hydrogen-bond donors (Lipinski definition) is 1. The van der Waals surface area contributed by atoms with Crippen LogP contribution in [-0.4, -0.2) is 23.8 Å². The summed E-state index contributed by atoms with van der Waals surface area (Å²) < 4.78 is 8.45. The highest BCUT2D eigenvalue weighted by molar-refractivity contribution is 9.10. The Kier molecular flexibility index (Phi) is 6.67. The Bertz CT molecular complexity index is 1020. The van der Waals surface area contributed by atoms with Gasteiger partial charge in [0, 0.05) is 34.2 Å². The van der Waals surface area contributed by atoms with Crippen LogP contribution in [0.3, 0.4) is 0 Å². The van der Waals surface area contributed by atoms with Crippen LogP contribution in [0.2, 0.25) is 0 Å².